The lowest BCUT2D eigenvalue weighted by Crippen LogP contribution is -2.32. The van der Waals surface area contributed by atoms with Gasteiger partial charge in [0, 0.05) is 20.0 Å². The number of nitriles is 1. The van der Waals surface area contributed by atoms with Crippen molar-refractivity contribution in [1.82, 2.24) is 10.2 Å². The van der Waals surface area contributed by atoms with Gasteiger partial charge >= 0.3 is 0 Å². The minimum atomic E-state index is -0.104. The van der Waals surface area contributed by atoms with Gasteiger partial charge in [-0.2, -0.15) is 5.26 Å². The van der Waals surface area contributed by atoms with Crippen molar-refractivity contribution in [3.63, 3.8) is 0 Å². The molecule has 23 heavy (non-hydrogen) atoms. The fraction of sp³-hybridized carbons (Fsp3) is 0.471. The highest BCUT2D eigenvalue weighted by atomic mass is 35.5. The van der Waals surface area contributed by atoms with Crippen LogP contribution in [0.4, 0.5) is 5.69 Å². The van der Waals surface area contributed by atoms with Crippen LogP contribution in [-0.4, -0.2) is 23.3 Å². The van der Waals surface area contributed by atoms with Crippen LogP contribution < -0.4 is 4.90 Å². The minimum absolute atomic E-state index is 0.104. The van der Waals surface area contributed by atoms with Crippen LogP contribution in [0.2, 0.25) is 5.02 Å². The number of rotatable bonds is 2. The molecule has 4 rings (SSSR count). The maximum absolute atomic E-state index is 9.41. The third-order valence-corrected chi connectivity index (χ3v) is 5.55. The standard InChI is InChI=1S/C17H17ClN4O/c1-11-20-21-16(23-11)17-7-3-5-13(17)9-22(10-17)15-12(8-19)4-2-6-14(15)18/h2,4,6,13H,3,5,7,9-10H2,1H3/t13-,17-/m0/s1. The van der Waals surface area contributed by atoms with E-state index in [1.807, 2.05) is 25.1 Å². The summed E-state index contributed by atoms with van der Waals surface area (Å²) >= 11 is 6.40. The van der Waals surface area contributed by atoms with Crippen LogP contribution in [0.3, 0.4) is 0 Å². The lowest BCUT2D eigenvalue weighted by atomic mass is 9.80. The van der Waals surface area contributed by atoms with Gasteiger partial charge in [0.05, 0.1) is 21.7 Å². The maximum Gasteiger partial charge on any atom is 0.224 e. The zero-order chi connectivity index (χ0) is 16.0. The Balaban J connectivity index is 1.75. The smallest absolute Gasteiger partial charge is 0.224 e. The molecule has 0 unspecified atom stereocenters. The highest BCUT2D eigenvalue weighted by Gasteiger charge is 2.54. The van der Waals surface area contributed by atoms with E-state index in [1.165, 1.54) is 6.42 Å². The van der Waals surface area contributed by atoms with Crippen LogP contribution >= 0.6 is 11.6 Å². The second-order valence-corrected chi connectivity index (χ2v) is 6.91. The number of benzene rings is 1. The number of aryl methyl sites for hydroxylation is 1. The Hall–Kier alpha value is -2.06. The van der Waals surface area contributed by atoms with E-state index in [2.05, 4.69) is 21.2 Å². The number of aromatic nitrogens is 2. The molecule has 1 aliphatic carbocycles. The number of hydrogen-bond acceptors (Lipinski definition) is 5. The molecule has 0 bridgehead atoms. The van der Waals surface area contributed by atoms with Gasteiger partial charge in [0.25, 0.3) is 0 Å². The quantitative estimate of drug-likeness (QED) is 0.844. The van der Waals surface area contributed by atoms with E-state index in [1.54, 1.807) is 0 Å². The SMILES string of the molecule is Cc1nnc([C@]23CCC[C@H]2CN(c2c(Cl)cccc2C#N)C3)o1. The molecular weight excluding hydrogens is 312 g/mol. The molecule has 0 spiro atoms. The number of fused-ring (bicyclic) bond motifs is 1. The van der Waals surface area contributed by atoms with Crippen molar-refractivity contribution in [3.05, 3.63) is 40.6 Å². The summed E-state index contributed by atoms with van der Waals surface area (Å²) in [4.78, 5) is 2.23. The Bertz CT molecular complexity index is 796. The topological polar surface area (TPSA) is 66.0 Å². The number of nitrogens with zero attached hydrogens (tertiary/aromatic N) is 4. The Kier molecular flexibility index (Phi) is 3.31. The molecule has 2 fully saturated rings. The molecule has 2 atom stereocenters. The zero-order valence-corrected chi connectivity index (χ0v) is 13.7. The summed E-state index contributed by atoms with van der Waals surface area (Å²) in [7, 11) is 0. The van der Waals surface area contributed by atoms with Crippen LogP contribution in [0.1, 0.15) is 36.6 Å². The maximum atomic E-state index is 9.41. The lowest BCUT2D eigenvalue weighted by Gasteiger charge is -2.26. The Morgan fingerprint density at radius 3 is 3.04 bits per heavy atom. The van der Waals surface area contributed by atoms with Gasteiger partial charge < -0.3 is 9.32 Å². The lowest BCUT2D eigenvalue weighted by molar-refractivity contribution is 0.299. The Morgan fingerprint density at radius 1 is 1.43 bits per heavy atom. The number of anilines is 1. The van der Waals surface area contributed by atoms with Gasteiger partial charge in [0.1, 0.15) is 6.07 Å². The van der Waals surface area contributed by atoms with E-state index in [-0.39, 0.29) is 5.41 Å². The molecule has 6 heteroatoms. The minimum Gasteiger partial charge on any atom is -0.425 e. The molecule has 0 radical (unpaired) electrons. The second-order valence-electron chi connectivity index (χ2n) is 6.50. The largest absolute Gasteiger partial charge is 0.425 e. The first-order valence-electron chi connectivity index (χ1n) is 7.88. The highest BCUT2D eigenvalue weighted by molar-refractivity contribution is 6.33. The third-order valence-electron chi connectivity index (χ3n) is 5.25. The molecule has 1 aromatic heterocycles. The summed E-state index contributed by atoms with van der Waals surface area (Å²) in [5, 5.41) is 18.4. The van der Waals surface area contributed by atoms with Gasteiger partial charge in [-0.15, -0.1) is 10.2 Å². The Labute approximate surface area is 139 Å². The molecule has 0 N–H and O–H groups in total. The summed E-state index contributed by atoms with van der Waals surface area (Å²) in [5.74, 6) is 1.81. The fourth-order valence-corrected chi connectivity index (χ4v) is 4.53. The van der Waals surface area contributed by atoms with Gasteiger partial charge in [-0.05, 0) is 30.9 Å². The van der Waals surface area contributed by atoms with Gasteiger partial charge in [0.15, 0.2) is 0 Å². The van der Waals surface area contributed by atoms with Crippen molar-refractivity contribution >= 4 is 17.3 Å². The number of hydrogen-bond donors (Lipinski definition) is 0. The fourth-order valence-electron chi connectivity index (χ4n) is 4.23. The van der Waals surface area contributed by atoms with Crippen LogP contribution in [0, 0.1) is 24.2 Å². The van der Waals surface area contributed by atoms with Crippen molar-refractivity contribution in [3.8, 4) is 6.07 Å². The van der Waals surface area contributed by atoms with Crippen LogP contribution in [0.5, 0.6) is 0 Å². The van der Waals surface area contributed by atoms with E-state index in [0.717, 1.165) is 37.5 Å². The first-order valence-corrected chi connectivity index (χ1v) is 8.26. The van der Waals surface area contributed by atoms with Crippen molar-refractivity contribution in [2.24, 2.45) is 5.92 Å². The normalized spacial score (nSPS) is 26.3. The van der Waals surface area contributed by atoms with E-state index in [4.69, 9.17) is 16.0 Å². The summed E-state index contributed by atoms with van der Waals surface area (Å²) in [6, 6.07) is 7.74. The van der Waals surface area contributed by atoms with E-state index in [9.17, 15) is 5.26 Å². The van der Waals surface area contributed by atoms with Crippen LogP contribution in [0.25, 0.3) is 0 Å². The third kappa shape index (κ3) is 2.13. The molecule has 0 amide bonds. The van der Waals surface area contributed by atoms with Crippen molar-refractivity contribution in [2.75, 3.05) is 18.0 Å². The molecular formula is C17H17ClN4O. The van der Waals surface area contributed by atoms with E-state index >= 15 is 0 Å². The van der Waals surface area contributed by atoms with Gasteiger partial charge in [-0.25, -0.2) is 0 Å². The molecule has 1 aliphatic heterocycles. The van der Waals surface area contributed by atoms with Crippen molar-refractivity contribution < 1.29 is 4.42 Å². The molecule has 5 nitrogen and oxygen atoms in total. The molecule has 1 aromatic carbocycles. The van der Waals surface area contributed by atoms with Gasteiger partial charge in [0.2, 0.25) is 11.8 Å². The summed E-state index contributed by atoms with van der Waals surface area (Å²) in [6.45, 7) is 3.48. The van der Waals surface area contributed by atoms with Gasteiger partial charge in [-0.1, -0.05) is 24.1 Å². The summed E-state index contributed by atoms with van der Waals surface area (Å²) in [5.41, 5.74) is 1.35. The van der Waals surface area contributed by atoms with Crippen LogP contribution in [-0.2, 0) is 5.41 Å². The average Bonchev–Trinajstić information content (AvgIpc) is 3.20. The first kappa shape index (κ1) is 14.5. The zero-order valence-electron chi connectivity index (χ0n) is 12.9. The molecule has 2 aromatic rings. The Morgan fingerprint density at radius 2 is 2.30 bits per heavy atom. The monoisotopic (exact) mass is 328 g/mol. The predicted octanol–water partition coefficient (Wildman–Crippen LogP) is 3.46. The molecule has 2 heterocycles. The first-order chi connectivity index (χ1) is 11.1. The van der Waals surface area contributed by atoms with E-state index in [0.29, 0.717) is 22.4 Å². The summed E-state index contributed by atoms with van der Waals surface area (Å²) in [6.07, 6.45) is 3.36. The van der Waals surface area contributed by atoms with Crippen LogP contribution in [0.15, 0.2) is 22.6 Å². The predicted molar refractivity (Wildman–Crippen MR) is 86.4 cm³/mol. The number of para-hydroxylation sites is 1. The van der Waals surface area contributed by atoms with Crippen molar-refractivity contribution in [1.29, 1.82) is 5.26 Å². The van der Waals surface area contributed by atoms with Gasteiger partial charge in [-0.3, -0.25) is 0 Å². The second kappa shape index (κ2) is 5.24. The molecule has 118 valence electrons. The molecule has 1 saturated heterocycles. The molecule has 1 saturated carbocycles. The highest BCUT2D eigenvalue weighted by Crippen LogP contribution is 2.51. The molecule has 2 aliphatic rings. The number of halogens is 1. The average molecular weight is 329 g/mol. The summed E-state index contributed by atoms with van der Waals surface area (Å²) < 4.78 is 5.80. The van der Waals surface area contributed by atoms with Crippen molar-refractivity contribution in [2.45, 2.75) is 31.6 Å². The van der Waals surface area contributed by atoms with E-state index < -0.39 is 0 Å².